The number of ketones is 1. The van der Waals surface area contributed by atoms with Gasteiger partial charge in [-0.1, -0.05) is 23.2 Å². The summed E-state index contributed by atoms with van der Waals surface area (Å²) in [5.74, 6) is -1.15. The molecule has 1 rings (SSSR count). The molecule has 0 bridgehead atoms. The third-order valence-electron chi connectivity index (χ3n) is 2.20. The number of carbonyl (C=O) groups excluding carboxylic acids is 1. The van der Waals surface area contributed by atoms with Crippen molar-refractivity contribution in [2.24, 2.45) is 0 Å². The molecule has 0 heterocycles. The number of halogens is 8. The fraction of sp³-hybridized carbons (Fsp3) is 0.364. The van der Waals surface area contributed by atoms with Gasteiger partial charge in [0.05, 0.1) is 5.02 Å². The predicted octanol–water partition coefficient (Wildman–Crippen LogP) is 4.69. The van der Waals surface area contributed by atoms with E-state index in [4.69, 9.17) is 23.2 Å². The van der Waals surface area contributed by atoms with Crippen molar-refractivity contribution in [3.8, 4) is 0 Å². The molecule has 1 aromatic rings. The van der Waals surface area contributed by atoms with Crippen LogP contribution in [0.15, 0.2) is 18.2 Å². The first-order valence-electron chi connectivity index (χ1n) is 5.16. The van der Waals surface area contributed by atoms with Crippen molar-refractivity contribution in [1.82, 2.24) is 0 Å². The van der Waals surface area contributed by atoms with E-state index in [9.17, 15) is 31.1 Å². The largest absolute Gasteiger partial charge is 0.423 e. The van der Waals surface area contributed by atoms with Crippen LogP contribution >= 0.6 is 23.2 Å². The Morgan fingerprint density at radius 1 is 1.10 bits per heavy atom. The number of hydrogen-bond acceptors (Lipinski definition) is 2. The predicted molar refractivity (Wildman–Crippen MR) is 62.6 cm³/mol. The normalized spacial score (nSPS) is 12.8. The van der Waals surface area contributed by atoms with Crippen molar-refractivity contribution in [1.29, 1.82) is 0 Å². The summed E-state index contributed by atoms with van der Waals surface area (Å²) in [6.07, 6.45) is -15.4. The molecule has 0 radical (unpaired) electrons. The molecule has 21 heavy (non-hydrogen) atoms. The summed E-state index contributed by atoms with van der Waals surface area (Å²) < 4.78 is 76.9. The second-order valence-corrected chi connectivity index (χ2v) is 4.67. The topological polar surface area (TPSA) is 26.3 Å². The van der Waals surface area contributed by atoms with E-state index in [1.54, 1.807) is 0 Å². The molecule has 0 saturated heterocycles. The highest BCUT2D eigenvalue weighted by Gasteiger charge is 2.58. The summed E-state index contributed by atoms with van der Waals surface area (Å²) in [6.45, 7) is -1.44. The minimum atomic E-state index is -5.68. The summed E-state index contributed by atoms with van der Waals surface area (Å²) in [7, 11) is 0. The second-order valence-electron chi connectivity index (χ2n) is 3.82. The van der Waals surface area contributed by atoms with Crippen LogP contribution in [0, 0.1) is 0 Å². The first-order valence-corrected chi connectivity index (χ1v) is 5.92. The van der Waals surface area contributed by atoms with Gasteiger partial charge in [-0.3, -0.25) is 4.79 Å². The molecule has 0 atom stereocenters. The molecule has 118 valence electrons. The van der Waals surface area contributed by atoms with Crippen LogP contribution in [0.4, 0.5) is 26.3 Å². The molecular weight excluding hydrogens is 349 g/mol. The van der Waals surface area contributed by atoms with Gasteiger partial charge in [0.1, 0.15) is 6.61 Å². The fourth-order valence-electron chi connectivity index (χ4n) is 1.32. The van der Waals surface area contributed by atoms with Gasteiger partial charge in [0, 0.05) is 10.6 Å². The quantitative estimate of drug-likeness (QED) is 0.579. The van der Waals surface area contributed by atoms with Crippen molar-refractivity contribution < 1.29 is 35.9 Å². The zero-order valence-electron chi connectivity index (χ0n) is 9.86. The van der Waals surface area contributed by atoms with Gasteiger partial charge in [-0.2, -0.15) is 26.3 Å². The van der Waals surface area contributed by atoms with Crippen molar-refractivity contribution in [3.63, 3.8) is 0 Å². The Morgan fingerprint density at radius 3 is 2.10 bits per heavy atom. The molecule has 0 aliphatic carbocycles. The smallest absolute Gasteiger partial charge is 0.353 e. The fourth-order valence-corrected chi connectivity index (χ4v) is 1.72. The van der Waals surface area contributed by atoms with E-state index in [2.05, 4.69) is 4.74 Å². The minimum absolute atomic E-state index is 0.0472. The first-order chi connectivity index (χ1) is 9.43. The Hall–Kier alpha value is -0.990. The highest BCUT2D eigenvalue weighted by atomic mass is 35.5. The highest BCUT2D eigenvalue weighted by molar-refractivity contribution is 6.35. The van der Waals surface area contributed by atoms with E-state index in [1.165, 1.54) is 12.1 Å². The zero-order chi connectivity index (χ0) is 16.4. The molecule has 0 unspecified atom stereocenters. The Balaban J connectivity index is 2.86. The van der Waals surface area contributed by atoms with Crippen LogP contribution in [0.25, 0.3) is 0 Å². The lowest BCUT2D eigenvalue weighted by molar-refractivity contribution is -0.318. The van der Waals surface area contributed by atoms with Crippen molar-refractivity contribution >= 4 is 29.0 Å². The molecule has 0 N–H and O–H groups in total. The standard InChI is InChI=1S/C11H6Cl2F6O2/c12-5-1-2-7(13)6(3-5)8(20)4-21-9(10(14,15)16)11(17,18)19/h1-3,9H,4H2. The summed E-state index contributed by atoms with van der Waals surface area (Å²) >= 11 is 11.2. The van der Waals surface area contributed by atoms with Gasteiger partial charge < -0.3 is 4.74 Å². The third kappa shape index (κ3) is 5.05. The Bertz CT molecular complexity index is 512. The molecule has 0 saturated carbocycles. The SMILES string of the molecule is O=C(COC(C(F)(F)F)C(F)(F)F)c1cc(Cl)ccc1Cl. The van der Waals surface area contributed by atoms with Crippen LogP contribution in [-0.2, 0) is 4.74 Å². The van der Waals surface area contributed by atoms with Crippen molar-refractivity contribution in [2.45, 2.75) is 18.5 Å². The third-order valence-corrected chi connectivity index (χ3v) is 2.77. The number of benzene rings is 1. The van der Waals surface area contributed by atoms with Crippen LogP contribution in [0.3, 0.4) is 0 Å². The molecule has 0 spiro atoms. The Morgan fingerprint density at radius 2 is 1.62 bits per heavy atom. The molecule has 0 fully saturated rings. The molecule has 0 aliphatic heterocycles. The van der Waals surface area contributed by atoms with Crippen molar-refractivity contribution in [3.05, 3.63) is 33.8 Å². The maximum absolute atomic E-state index is 12.2. The molecule has 2 nitrogen and oxygen atoms in total. The van der Waals surface area contributed by atoms with Gasteiger partial charge in [-0.05, 0) is 18.2 Å². The molecule has 0 amide bonds. The lowest BCUT2D eigenvalue weighted by atomic mass is 10.1. The number of hydrogen-bond donors (Lipinski definition) is 0. The lowest BCUT2D eigenvalue weighted by Crippen LogP contribution is -2.45. The lowest BCUT2D eigenvalue weighted by Gasteiger charge is -2.22. The second kappa shape index (κ2) is 6.41. The van der Waals surface area contributed by atoms with Gasteiger partial charge in [0.15, 0.2) is 5.78 Å². The van der Waals surface area contributed by atoms with Gasteiger partial charge >= 0.3 is 12.4 Å². The summed E-state index contributed by atoms with van der Waals surface area (Å²) in [6, 6.07) is 3.50. The van der Waals surface area contributed by atoms with Gasteiger partial charge in [0.2, 0.25) is 6.10 Å². The number of Topliss-reactive ketones (excluding diaryl/α,β-unsaturated/α-hetero) is 1. The molecule has 1 aromatic carbocycles. The van der Waals surface area contributed by atoms with Gasteiger partial charge in [-0.15, -0.1) is 0 Å². The van der Waals surface area contributed by atoms with Gasteiger partial charge in [-0.25, -0.2) is 0 Å². The summed E-state index contributed by atoms with van der Waals surface area (Å²) in [4.78, 5) is 11.6. The van der Waals surface area contributed by atoms with Crippen molar-refractivity contribution in [2.75, 3.05) is 6.61 Å². The van der Waals surface area contributed by atoms with E-state index in [0.717, 1.165) is 6.07 Å². The molecular formula is C11H6Cl2F6O2. The highest BCUT2D eigenvalue weighted by Crippen LogP contribution is 2.35. The van der Waals surface area contributed by atoms with Crippen LogP contribution in [0.2, 0.25) is 10.0 Å². The van der Waals surface area contributed by atoms with Gasteiger partial charge in [0.25, 0.3) is 0 Å². The zero-order valence-corrected chi connectivity index (χ0v) is 11.4. The van der Waals surface area contributed by atoms with E-state index in [1.807, 2.05) is 0 Å². The van der Waals surface area contributed by atoms with E-state index >= 15 is 0 Å². The van der Waals surface area contributed by atoms with E-state index in [0.29, 0.717) is 0 Å². The maximum atomic E-state index is 12.2. The number of carbonyl (C=O) groups is 1. The monoisotopic (exact) mass is 354 g/mol. The number of ether oxygens (including phenoxy) is 1. The van der Waals surface area contributed by atoms with E-state index < -0.39 is 30.8 Å². The summed E-state index contributed by atoms with van der Waals surface area (Å²) in [5, 5.41) is -0.116. The van der Waals surface area contributed by atoms with Crippen LogP contribution < -0.4 is 0 Å². The summed E-state index contributed by atoms with van der Waals surface area (Å²) in [5.41, 5.74) is -0.327. The Labute approximate surface area is 124 Å². The average molecular weight is 355 g/mol. The first kappa shape index (κ1) is 18.1. The van der Waals surface area contributed by atoms with Crippen LogP contribution in [0.1, 0.15) is 10.4 Å². The Kier molecular flexibility index (Phi) is 5.51. The average Bonchev–Trinajstić information content (AvgIpc) is 2.28. The minimum Gasteiger partial charge on any atom is -0.353 e. The molecule has 10 heteroatoms. The number of alkyl halides is 6. The number of rotatable bonds is 4. The van der Waals surface area contributed by atoms with Crippen LogP contribution in [-0.4, -0.2) is 30.8 Å². The maximum Gasteiger partial charge on any atom is 0.423 e. The molecule has 0 aromatic heterocycles. The van der Waals surface area contributed by atoms with E-state index in [-0.39, 0.29) is 15.6 Å². The van der Waals surface area contributed by atoms with Crippen LogP contribution in [0.5, 0.6) is 0 Å². The molecule has 0 aliphatic rings.